The smallest absolute Gasteiger partial charge is 0.0745 e. The summed E-state index contributed by atoms with van der Waals surface area (Å²) < 4.78 is 5.35. The van der Waals surface area contributed by atoms with Crippen molar-refractivity contribution >= 4 is 0 Å². The minimum atomic E-state index is -0.323. The van der Waals surface area contributed by atoms with Crippen LogP contribution in [0.2, 0.25) is 0 Å². The third kappa shape index (κ3) is 19.9. The Morgan fingerprint density at radius 3 is 1.43 bits per heavy atom. The van der Waals surface area contributed by atoms with Crippen molar-refractivity contribution in [3.63, 3.8) is 0 Å². The number of aliphatic hydroxyl groups is 1. The van der Waals surface area contributed by atoms with E-state index in [1.165, 1.54) is 83.5 Å². The Morgan fingerprint density at radius 2 is 1.05 bits per heavy atom. The minimum Gasteiger partial charge on any atom is -0.391 e. The lowest BCUT2D eigenvalue weighted by Gasteiger charge is -2.06. The highest BCUT2D eigenvalue weighted by Crippen LogP contribution is 2.12. The van der Waals surface area contributed by atoms with Crippen molar-refractivity contribution in [2.24, 2.45) is 0 Å². The SMILES string of the molecule is CCCCCCCCCCCCCCCCOCC(C)O. The normalized spacial score (nSPS) is 12.7. The Bertz CT molecular complexity index is 180. The maximum atomic E-state index is 9.04. The molecule has 0 aliphatic rings. The van der Waals surface area contributed by atoms with Crippen LogP contribution in [-0.4, -0.2) is 24.4 Å². The number of ether oxygens (including phenoxy) is 1. The van der Waals surface area contributed by atoms with Gasteiger partial charge in [-0.3, -0.25) is 0 Å². The molecule has 1 unspecified atom stereocenters. The number of hydrogen-bond donors (Lipinski definition) is 1. The van der Waals surface area contributed by atoms with Crippen LogP contribution in [0.1, 0.15) is 104 Å². The molecule has 0 aromatic rings. The predicted octanol–water partition coefficient (Wildman–Crippen LogP) is 5.87. The molecule has 1 atom stereocenters. The summed E-state index contributed by atoms with van der Waals surface area (Å²) in [7, 11) is 0. The average Bonchev–Trinajstić information content (AvgIpc) is 2.46. The van der Waals surface area contributed by atoms with Gasteiger partial charge in [0.2, 0.25) is 0 Å². The first kappa shape index (κ1) is 20.9. The summed E-state index contributed by atoms with van der Waals surface area (Å²) >= 11 is 0. The van der Waals surface area contributed by atoms with Gasteiger partial charge in [0.15, 0.2) is 0 Å². The van der Waals surface area contributed by atoms with Crippen molar-refractivity contribution in [3.05, 3.63) is 0 Å². The second-order valence-corrected chi connectivity index (χ2v) is 6.52. The molecule has 1 N–H and O–H groups in total. The highest BCUT2D eigenvalue weighted by Gasteiger charge is 1.96. The third-order valence-electron chi connectivity index (χ3n) is 4.00. The highest BCUT2D eigenvalue weighted by atomic mass is 16.5. The Balaban J connectivity index is 2.93. The highest BCUT2D eigenvalue weighted by molar-refractivity contribution is 4.49. The quantitative estimate of drug-likeness (QED) is 0.341. The molecule has 0 rings (SSSR count). The molecule has 0 aromatic heterocycles. The predicted molar refractivity (Wildman–Crippen MR) is 92.8 cm³/mol. The van der Waals surface area contributed by atoms with E-state index >= 15 is 0 Å². The van der Waals surface area contributed by atoms with Gasteiger partial charge in [-0.15, -0.1) is 0 Å². The number of hydrogen-bond acceptors (Lipinski definition) is 2. The molecule has 0 heterocycles. The number of rotatable bonds is 17. The van der Waals surface area contributed by atoms with Gasteiger partial charge in [-0.1, -0.05) is 90.4 Å². The molecule has 0 bridgehead atoms. The van der Waals surface area contributed by atoms with Gasteiger partial charge in [0, 0.05) is 6.61 Å². The van der Waals surface area contributed by atoms with E-state index in [-0.39, 0.29) is 6.10 Å². The molecule has 0 amide bonds. The van der Waals surface area contributed by atoms with Gasteiger partial charge in [0.25, 0.3) is 0 Å². The summed E-state index contributed by atoms with van der Waals surface area (Å²) in [5.74, 6) is 0. The first-order valence-corrected chi connectivity index (χ1v) is 9.53. The average molecular weight is 301 g/mol. The van der Waals surface area contributed by atoms with Crippen LogP contribution in [0.4, 0.5) is 0 Å². The molecular weight excluding hydrogens is 260 g/mol. The van der Waals surface area contributed by atoms with Crippen molar-refractivity contribution in [3.8, 4) is 0 Å². The van der Waals surface area contributed by atoms with Crippen molar-refractivity contribution in [2.75, 3.05) is 13.2 Å². The van der Waals surface area contributed by atoms with Crippen LogP contribution in [0, 0.1) is 0 Å². The summed E-state index contributed by atoms with van der Waals surface area (Å²) in [5.41, 5.74) is 0. The van der Waals surface area contributed by atoms with E-state index in [2.05, 4.69) is 6.92 Å². The second kappa shape index (κ2) is 18.0. The Labute approximate surface area is 133 Å². The van der Waals surface area contributed by atoms with E-state index in [4.69, 9.17) is 9.84 Å². The molecule has 21 heavy (non-hydrogen) atoms. The molecule has 0 aromatic carbocycles. The van der Waals surface area contributed by atoms with E-state index in [0.29, 0.717) is 6.61 Å². The van der Waals surface area contributed by atoms with Crippen LogP contribution in [-0.2, 0) is 4.74 Å². The van der Waals surface area contributed by atoms with Crippen molar-refractivity contribution in [1.82, 2.24) is 0 Å². The fraction of sp³-hybridized carbons (Fsp3) is 1.00. The monoisotopic (exact) mass is 300 g/mol. The van der Waals surface area contributed by atoms with E-state index in [0.717, 1.165) is 13.0 Å². The molecule has 0 aliphatic heterocycles. The lowest BCUT2D eigenvalue weighted by atomic mass is 10.0. The molecule has 0 saturated heterocycles. The Hall–Kier alpha value is -0.0800. The van der Waals surface area contributed by atoms with E-state index < -0.39 is 0 Å². The van der Waals surface area contributed by atoms with Gasteiger partial charge < -0.3 is 9.84 Å². The maximum Gasteiger partial charge on any atom is 0.0745 e. The summed E-state index contributed by atoms with van der Waals surface area (Å²) in [5, 5.41) is 9.04. The molecule has 2 heteroatoms. The molecule has 2 nitrogen and oxygen atoms in total. The Morgan fingerprint density at radius 1 is 0.667 bits per heavy atom. The topological polar surface area (TPSA) is 29.5 Å². The first-order valence-electron chi connectivity index (χ1n) is 9.53. The van der Waals surface area contributed by atoms with E-state index in [1.54, 1.807) is 6.92 Å². The number of aliphatic hydroxyl groups excluding tert-OH is 1. The fourth-order valence-electron chi connectivity index (χ4n) is 2.65. The molecule has 0 fully saturated rings. The van der Waals surface area contributed by atoms with Crippen LogP contribution in [0.3, 0.4) is 0 Å². The summed E-state index contributed by atoms with van der Waals surface area (Å²) in [6.07, 6.45) is 19.1. The molecule has 0 saturated carbocycles. The van der Waals surface area contributed by atoms with Gasteiger partial charge in [-0.05, 0) is 13.3 Å². The van der Waals surface area contributed by atoms with Crippen LogP contribution >= 0.6 is 0 Å². The standard InChI is InChI=1S/C19H40O2/c1-3-4-5-6-7-8-9-10-11-12-13-14-15-16-17-21-18-19(2)20/h19-20H,3-18H2,1-2H3. The van der Waals surface area contributed by atoms with Crippen LogP contribution in [0.5, 0.6) is 0 Å². The second-order valence-electron chi connectivity index (χ2n) is 6.52. The summed E-state index contributed by atoms with van der Waals surface area (Å²) in [4.78, 5) is 0. The Kier molecular flexibility index (Phi) is 17.9. The summed E-state index contributed by atoms with van der Waals surface area (Å²) in [6, 6.07) is 0. The minimum absolute atomic E-state index is 0.323. The van der Waals surface area contributed by atoms with Crippen LogP contribution < -0.4 is 0 Å². The van der Waals surface area contributed by atoms with Crippen molar-refractivity contribution in [1.29, 1.82) is 0 Å². The van der Waals surface area contributed by atoms with Gasteiger partial charge in [0.05, 0.1) is 12.7 Å². The third-order valence-corrected chi connectivity index (χ3v) is 4.00. The van der Waals surface area contributed by atoms with Gasteiger partial charge in [-0.25, -0.2) is 0 Å². The largest absolute Gasteiger partial charge is 0.391 e. The number of unbranched alkanes of at least 4 members (excludes halogenated alkanes) is 13. The van der Waals surface area contributed by atoms with Crippen molar-refractivity contribution < 1.29 is 9.84 Å². The molecule has 128 valence electrons. The zero-order valence-corrected chi connectivity index (χ0v) is 14.7. The zero-order valence-electron chi connectivity index (χ0n) is 14.7. The van der Waals surface area contributed by atoms with Crippen LogP contribution in [0.25, 0.3) is 0 Å². The summed E-state index contributed by atoms with van der Waals surface area (Å²) in [6.45, 7) is 5.34. The molecule has 0 radical (unpaired) electrons. The van der Waals surface area contributed by atoms with Crippen LogP contribution in [0.15, 0.2) is 0 Å². The van der Waals surface area contributed by atoms with Gasteiger partial charge in [-0.2, -0.15) is 0 Å². The van der Waals surface area contributed by atoms with E-state index in [9.17, 15) is 0 Å². The van der Waals surface area contributed by atoms with Crippen molar-refractivity contribution in [2.45, 2.75) is 110 Å². The lowest BCUT2D eigenvalue weighted by Crippen LogP contribution is -2.10. The molecular formula is C19H40O2. The molecule has 0 spiro atoms. The maximum absolute atomic E-state index is 9.04. The zero-order chi connectivity index (χ0) is 15.6. The fourth-order valence-corrected chi connectivity index (χ4v) is 2.65. The first-order chi connectivity index (χ1) is 10.3. The lowest BCUT2D eigenvalue weighted by molar-refractivity contribution is 0.0445. The van der Waals surface area contributed by atoms with E-state index in [1.807, 2.05) is 0 Å². The molecule has 0 aliphatic carbocycles. The van der Waals surface area contributed by atoms with Gasteiger partial charge in [0.1, 0.15) is 0 Å². The van der Waals surface area contributed by atoms with Gasteiger partial charge >= 0.3 is 0 Å².